The Morgan fingerprint density at radius 1 is 1.26 bits per heavy atom. The molecule has 5 nitrogen and oxygen atoms in total. The fourth-order valence-corrected chi connectivity index (χ4v) is 5.18. The van der Waals surface area contributed by atoms with E-state index in [1.165, 1.54) is 12.1 Å². The average Bonchev–Trinajstić information content (AvgIpc) is 3.01. The van der Waals surface area contributed by atoms with Crippen LogP contribution in [0, 0.1) is 16.7 Å². The molecule has 2 bridgehead atoms. The molecule has 1 aliphatic carbocycles. The smallest absolute Gasteiger partial charge is 0.406 e. The lowest BCUT2D eigenvalue weighted by molar-refractivity contribution is -0.274. The number of thiazole rings is 1. The lowest BCUT2D eigenvalue weighted by atomic mass is 9.62. The molecule has 2 fully saturated rings. The standard InChI is InChI=1S/C18H17F3N2O3S/c1-16(2)10-6-7-17(16,3)14(25)23(13(10)24)15-22-11-5-4-9(8-12(11)27-15)26-18(19,20)21/h4-5,8,10H,6-7H2,1-3H3/t10-,17+/m0/s1. The summed E-state index contributed by atoms with van der Waals surface area (Å²) < 4.78 is 41.6. The van der Waals surface area contributed by atoms with Gasteiger partial charge in [0.05, 0.1) is 15.6 Å². The van der Waals surface area contributed by atoms with Crippen LogP contribution in [0.1, 0.15) is 33.6 Å². The number of anilines is 1. The highest BCUT2D eigenvalue weighted by atomic mass is 32.1. The first-order valence-corrected chi connectivity index (χ1v) is 9.30. The number of imide groups is 1. The molecule has 144 valence electrons. The predicted octanol–water partition coefficient (Wildman–Crippen LogP) is 4.51. The molecule has 9 heteroatoms. The number of fused-ring (bicyclic) bond motifs is 3. The number of halogens is 3. The molecule has 0 unspecified atom stereocenters. The molecule has 2 aromatic rings. The topological polar surface area (TPSA) is 59.5 Å². The van der Waals surface area contributed by atoms with Crippen LogP contribution in [0.4, 0.5) is 18.3 Å². The number of piperidine rings is 1. The van der Waals surface area contributed by atoms with E-state index in [1.54, 1.807) is 0 Å². The van der Waals surface area contributed by atoms with Crippen LogP contribution >= 0.6 is 11.3 Å². The molecule has 27 heavy (non-hydrogen) atoms. The average molecular weight is 398 g/mol. The lowest BCUT2D eigenvalue weighted by Crippen LogP contribution is -2.59. The van der Waals surface area contributed by atoms with E-state index < -0.39 is 17.2 Å². The van der Waals surface area contributed by atoms with Crippen LogP contribution in [0.5, 0.6) is 5.75 Å². The van der Waals surface area contributed by atoms with Gasteiger partial charge in [0.15, 0.2) is 5.13 Å². The first-order chi connectivity index (χ1) is 12.4. The van der Waals surface area contributed by atoms with Crippen LogP contribution in [0.3, 0.4) is 0 Å². The maximum atomic E-state index is 13.2. The molecule has 1 aliphatic heterocycles. The monoisotopic (exact) mass is 398 g/mol. The summed E-state index contributed by atoms with van der Waals surface area (Å²) >= 11 is 1.01. The van der Waals surface area contributed by atoms with Gasteiger partial charge in [0.25, 0.3) is 0 Å². The van der Waals surface area contributed by atoms with Crippen molar-refractivity contribution in [2.45, 2.75) is 40.0 Å². The van der Waals surface area contributed by atoms with Gasteiger partial charge in [0, 0.05) is 12.0 Å². The molecule has 1 saturated carbocycles. The third-order valence-electron chi connectivity index (χ3n) is 6.19. The molecule has 0 spiro atoms. The molecule has 1 saturated heterocycles. The SMILES string of the molecule is CC1(C)[C@H]2CC[C@]1(C)C(=O)N(c1nc3ccc(OC(F)(F)F)cc3s1)C2=O. The van der Waals surface area contributed by atoms with Gasteiger partial charge in [-0.1, -0.05) is 32.1 Å². The third kappa shape index (κ3) is 2.55. The van der Waals surface area contributed by atoms with Crippen molar-refractivity contribution in [2.75, 3.05) is 4.90 Å². The molecule has 2 heterocycles. The summed E-state index contributed by atoms with van der Waals surface area (Å²) in [4.78, 5) is 31.6. The van der Waals surface area contributed by atoms with Crippen molar-refractivity contribution >= 4 is 38.5 Å². The molecule has 2 atom stereocenters. The first-order valence-electron chi connectivity index (χ1n) is 8.49. The van der Waals surface area contributed by atoms with Crippen LogP contribution < -0.4 is 9.64 Å². The largest absolute Gasteiger partial charge is 0.573 e. The van der Waals surface area contributed by atoms with Crippen molar-refractivity contribution < 1.29 is 27.5 Å². The number of carbonyl (C=O) groups excluding carboxylic acids is 2. The Kier molecular flexibility index (Phi) is 3.67. The lowest BCUT2D eigenvalue weighted by Gasteiger charge is -2.46. The van der Waals surface area contributed by atoms with Crippen molar-refractivity contribution in [1.29, 1.82) is 0 Å². The van der Waals surface area contributed by atoms with Crippen LogP contribution in [0.25, 0.3) is 10.2 Å². The van der Waals surface area contributed by atoms with Crippen LogP contribution in [-0.4, -0.2) is 23.2 Å². The number of aromatic nitrogens is 1. The minimum atomic E-state index is -4.79. The third-order valence-corrected chi connectivity index (χ3v) is 7.20. The van der Waals surface area contributed by atoms with Gasteiger partial charge >= 0.3 is 6.36 Å². The van der Waals surface area contributed by atoms with Gasteiger partial charge in [-0.05, 0) is 30.4 Å². The highest BCUT2D eigenvalue weighted by Gasteiger charge is 2.65. The molecular weight excluding hydrogens is 381 g/mol. The number of hydrogen-bond acceptors (Lipinski definition) is 5. The Morgan fingerprint density at radius 2 is 1.96 bits per heavy atom. The molecule has 2 amide bonds. The van der Waals surface area contributed by atoms with E-state index in [0.717, 1.165) is 22.3 Å². The quantitative estimate of drug-likeness (QED) is 0.699. The van der Waals surface area contributed by atoms with Gasteiger partial charge in [-0.2, -0.15) is 0 Å². The van der Waals surface area contributed by atoms with E-state index in [0.29, 0.717) is 23.1 Å². The van der Waals surface area contributed by atoms with Crippen LogP contribution in [0.15, 0.2) is 18.2 Å². The van der Waals surface area contributed by atoms with Crippen molar-refractivity contribution in [3.05, 3.63) is 18.2 Å². The number of benzene rings is 1. The Morgan fingerprint density at radius 3 is 2.63 bits per heavy atom. The molecule has 1 aromatic carbocycles. The summed E-state index contributed by atoms with van der Waals surface area (Å²) in [5, 5.41) is 0.192. The van der Waals surface area contributed by atoms with Gasteiger partial charge in [-0.3, -0.25) is 9.59 Å². The van der Waals surface area contributed by atoms with E-state index in [1.807, 2.05) is 20.8 Å². The highest BCUT2D eigenvalue weighted by Crippen LogP contribution is 2.60. The van der Waals surface area contributed by atoms with E-state index >= 15 is 0 Å². The number of amides is 2. The summed E-state index contributed by atoms with van der Waals surface area (Å²) in [5.41, 5.74) is -0.705. The summed E-state index contributed by atoms with van der Waals surface area (Å²) in [6.45, 7) is 5.76. The molecule has 4 rings (SSSR count). The molecular formula is C18H17F3N2O3S. The maximum absolute atomic E-state index is 13.2. The van der Waals surface area contributed by atoms with E-state index in [9.17, 15) is 22.8 Å². The zero-order valence-electron chi connectivity index (χ0n) is 14.9. The Hall–Kier alpha value is -2.16. The number of alkyl halides is 3. The summed E-state index contributed by atoms with van der Waals surface area (Å²) in [6, 6.07) is 3.76. The Labute approximate surface area is 157 Å². The van der Waals surface area contributed by atoms with Gasteiger partial charge in [0.2, 0.25) is 11.8 Å². The van der Waals surface area contributed by atoms with Gasteiger partial charge < -0.3 is 4.74 Å². The molecule has 0 N–H and O–H groups in total. The number of nitrogens with zero attached hydrogens (tertiary/aromatic N) is 2. The van der Waals surface area contributed by atoms with Gasteiger partial charge in [-0.25, -0.2) is 9.88 Å². The van der Waals surface area contributed by atoms with Crippen molar-refractivity contribution in [3.63, 3.8) is 0 Å². The Bertz CT molecular complexity index is 968. The number of rotatable bonds is 2. The number of ether oxygens (including phenoxy) is 1. The molecule has 1 aromatic heterocycles. The normalized spacial score (nSPS) is 27.5. The van der Waals surface area contributed by atoms with Crippen LogP contribution in [0.2, 0.25) is 0 Å². The van der Waals surface area contributed by atoms with E-state index in [-0.39, 0.29) is 28.6 Å². The summed E-state index contributed by atoms with van der Waals surface area (Å²) in [7, 11) is 0. The van der Waals surface area contributed by atoms with Gasteiger partial charge in [0.1, 0.15) is 5.75 Å². The fourth-order valence-electron chi connectivity index (χ4n) is 4.18. The Balaban J connectivity index is 1.74. The number of hydrogen-bond donors (Lipinski definition) is 0. The van der Waals surface area contributed by atoms with Crippen molar-refractivity contribution in [1.82, 2.24) is 4.98 Å². The molecule has 0 radical (unpaired) electrons. The predicted molar refractivity (Wildman–Crippen MR) is 93.4 cm³/mol. The second-order valence-electron chi connectivity index (χ2n) is 7.80. The summed E-state index contributed by atoms with van der Waals surface area (Å²) in [6.07, 6.45) is -3.53. The maximum Gasteiger partial charge on any atom is 0.573 e. The van der Waals surface area contributed by atoms with Gasteiger partial charge in [-0.15, -0.1) is 13.2 Å². The second kappa shape index (κ2) is 5.43. The van der Waals surface area contributed by atoms with Crippen LogP contribution in [-0.2, 0) is 9.59 Å². The second-order valence-corrected chi connectivity index (χ2v) is 8.81. The summed E-state index contributed by atoms with van der Waals surface area (Å²) in [5.74, 6) is -1.23. The highest BCUT2D eigenvalue weighted by molar-refractivity contribution is 7.22. The fraction of sp³-hybridized carbons (Fsp3) is 0.500. The minimum absolute atomic E-state index is 0.192. The van der Waals surface area contributed by atoms with Crippen molar-refractivity contribution in [2.24, 2.45) is 16.7 Å². The zero-order chi connectivity index (χ0) is 19.8. The van der Waals surface area contributed by atoms with E-state index in [2.05, 4.69) is 9.72 Å². The first kappa shape index (κ1) is 18.2. The minimum Gasteiger partial charge on any atom is -0.406 e. The van der Waals surface area contributed by atoms with E-state index in [4.69, 9.17) is 0 Å². The molecule has 2 aliphatic rings. The number of carbonyl (C=O) groups is 2. The zero-order valence-corrected chi connectivity index (χ0v) is 15.7. The van der Waals surface area contributed by atoms with Crippen molar-refractivity contribution in [3.8, 4) is 5.75 Å².